The van der Waals surface area contributed by atoms with Crippen LogP contribution in [-0.4, -0.2) is 31.4 Å². The molecule has 30 heavy (non-hydrogen) atoms. The van der Waals surface area contributed by atoms with Crippen LogP contribution in [0.5, 0.6) is 0 Å². The summed E-state index contributed by atoms with van der Waals surface area (Å²) in [5.41, 5.74) is 0. The van der Waals surface area contributed by atoms with E-state index in [1.165, 1.54) is 32.1 Å². The maximum atomic E-state index is 13.1. The fourth-order valence-corrected chi connectivity index (χ4v) is 6.47. The van der Waals surface area contributed by atoms with E-state index in [1.807, 2.05) is 12.1 Å². The maximum Gasteiger partial charge on any atom is 0.240 e. The molecule has 4 rings (SSSR count). The van der Waals surface area contributed by atoms with Crippen molar-refractivity contribution in [1.82, 2.24) is 9.62 Å². The molecule has 2 aromatic rings. The number of rotatable bonds is 7. The third-order valence-electron chi connectivity index (χ3n) is 6.55. The lowest BCUT2D eigenvalue weighted by Gasteiger charge is -2.45. The number of benzene rings is 1. The van der Waals surface area contributed by atoms with Crippen LogP contribution in [-0.2, 0) is 16.6 Å². The van der Waals surface area contributed by atoms with Crippen molar-refractivity contribution in [2.45, 2.75) is 87.4 Å². The van der Waals surface area contributed by atoms with E-state index in [2.05, 4.69) is 9.62 Å². The van der Waals surface area contributed by atoms with E-state index >= 15 is 0 Å². The van der Waals surface area contributed by atoms with Gasteiger partial charge in [-0.3, -0.25) is 4.90 Å². The molecular weight excluding hydrogens is 420 g/mol. The van der Waals surface area contributed by atoms with E-state index in [1.54, 1.807) is 30.5 Å². The van der Waals surface area contributed by atoms with Crippen molar-refractivity contribution in [3.05, 3.63) is 53.4 Å². The van der Waals surface area contributed by atoms with Crippen LogP contribution in [0.4, 0.5) is 0 Å². The van der Waals surface area contributed by atoms with Gasteiger partial charge in [-0.15, -0.1) is 0 Å². The average molecular weight is 451 g/mol. The van der Waals surface area contributed by atoms with Crippen LogP contribution in [0.25, 0.3) is 0 Å². The minimum absolute atomic E-state index is 0.101. The Balaban J connectivity index is 1.57. The van der Waals surface area contributed by atoms with Crippen LogP contribution in [0.2, 0.25) is 5.02 Å². The van der Waals surface area contributed by atoms with Crippen molar-refractivity contribution in [3.8, 4) is 0 Å². The predicted molar refractivity (Wildman–Crippen MR) is 119 cm³/mol. The Morgan fingerprint density at radius 1 is 0.967 bits per heavy atom. The lowest BCUT2D eigenvalue weighted by Crippen LogP contribution is -2.56. The van der Waals surface area contributed by atoms with E-state index < -0.39 is 10.0 Å². The molecule has 1 aromatic carbocycles. The Bertz CT molecular complexity index is 893. The fourth-order valence-electron chi connectivity index (χ4n) is 5.04. The highest BCUT2D eigenvalue weighted by atomic mass is 35.5. The van der Waals surface area contributed by atoms with Gasteiger partial charge in [0, 0.05) is 23.1 Å². The van der Waals surface area contributed by atoms with E-state index in [0.29, 0.717) is 11.1 Å². The Morgan fingerprint density at radius 3 is 2.37 bits per heavy atom. The van der Waals surface area contributed by atoms with Crippen LogP contribution < -0.4 is 4.72 Å². The van der Waals surface area contributed by atoms with Gasteiger partial charge in [0.1, 0.15) is 5.76 Å². The Labute approximate surface area is 184 Å². The number of nitrogens with zero attached hydrogens (tertiary/aromatic N) is 1. The minimum atomic E-state index is -3.59. The van der Waals surface area contributed by atoms with Gasteiger partial charge < -0.3 is 4.42 Å². The number of hydrogen-bond acceptors (Lipinski definition) is 4. The predicted octanol–water partition coefficient (Wildman–Crippen LogP) is 5.36. The molecule has 0 aliphatic heterocycles. The molecule has 2 atom stereocenters. The fraction of sp³-hybridized carbons (Fsp3) is 0.565. The van der Waals surface area contributed by atoms with Gasteiger partial charge in [0.25, 0.3) is 0 Å². The van der Waals surface area contributed by atoms with Crippen molar-refractivity contribution < 1.29 is 12.8 Å². The van der Waals surface area contributed by atoms with Gasteiger partial charge in [-0.1, -0.05) is 43.7 Å². The second kappa shape index (κ2) is 9.86. The number of furan rings is 1. The maximum absolute atomic E-state index is 13.1. The van der Waals surface area contributed by atoms with Crippen LogP contribution in [0.1, 0.15) is 63.5 Å². The van der Waals surface area contributed by atoms with Crippen molar-refractivity contribution in [2.24, 2.45) is 0 Å². The van der Waals surface area contributed by atoms with Crippen molar-refractivity contribution in [3.63, 3.8) is 0 Å². The highest BCUT2D eigenvalue weighted by Crippen LogP contribution is 2.32. The summed E-state index contributed by atoms with van der Waals surface area (Å²) in [6, 6.07) is 10.9. The Morgan fingerprint density at radius 2 is 1.67 bits per heavy atom. The Kier molecular flexibility index (Phi) is 7.19. The van der Waals surface area contributed by atoms with Crippen LogP contribution >= 0.6 is 11.6 Å². The molecule has 2 fully saturated rings. The first-order chi connectivity index (χ1) is 14.5. The van der Waals surface area contributed by atoms with Crippen molar-refractivity contribution in [2.75, 3.05) is 0 Å². The molecule has 0 saturated heterocycles. The molecule has 1 heterocycles. The summed E-state index contributed by atoms with van der Waals surface area (Å²) in [6.07, 6.45) is 11.9. The molecular formula is C23H31ClN2O3S. The summed E-state index contributed by atoms with van der Waals surface area (Å²) < 4.78 is 34.9. The molecule has 5 nitrogen and oxygen atoms in total. The first kappa shape index (κ1) is 21.9. The van der Waals surface area contributed by atoms with E-state index in [9.17, 15) is 8.42 Å². The average Bonchev–Trinajstić information content (AvgIpc) is 3.27. The molecule has 2 aliphatic rings. The zero-order valence-electron chi connectivity index (χ0n) is 17.3. The normalized spacial score (nSPS) is 23.7. The van der Waals surface area contributed by atoms with Crippen LogP contribution in [0.15, 0.2) is 52.0 Å². The van der Waals surface area contributed by atoms with Gasteiger partial charge >= 0.3 is 0 Å². The number of nitrogens with one attached hydrogen (secondary N) is 1. The second-order valence-electron chi connectivity index (χ2n) is 8.58. The quantitative estimate of drug-likeness (QED) is 0.616. The summed E-state index contributed by atoms with van der Waals surface area (Å²) in [4.78, 5) is 2.80. The van der Waals surface area contributed by atoms with Crippen molar-refractivity contribution in [1.29, 1.82) is 0 Å². The monoisotopic (exact) mass is 450 g/mol. The molecule has 0 amide bonds. The Hall–Kier alpha value is -1.34. The van der Waals surface area contributed by atoms with E-state index in [-0.39, 0.29) is 17.0 Å². The van der Waals surface area contributed by atoms with Gasteiger partial charge in [0.2, 0.25) is 10.0 Å². The first-order valence-corrected chi connectivity index (χ1v) is 12.9. The van der Waals surface area contributed by atoms with E-state index in [0.717, 1.165) is 38.0 Å². The highest BCUT2D eigenvalue weighted by Gasteiger charge is 2.37. The third kappa shape index (κ3) is 5.28. The number of sulfonamides is 1. The largest absolute Gasteiger partial charge is 0.468 e. The van der Waals surface area contributed by atoms with Crippen molar-refractivity contribution >= 4 is 21.6 Å². The second-order valence-corrected chi connectivity index (χ2v) is 10.7. The molecule has 7 heteroatoms. The molecule has 0 radical (unpaired) electrons. The molecule has 1 aromatic heterocycles. The summed E-state index contributed by atoms with van der Waals surface area (Å²) in [7, 11) is -3.59. The minimum Gasteiger partial charge on any atom is -0.468 e. The molecule has 2 saturated carbocycles. The molecule has 2 aliphatic carbocycles. The van der Waals surface area contributed by atoms with Crippen LogP contribution in [0.3, 0.4) is 0 Å². The number of hydrogen-bond donors (Lipinski definition) is 1. The summed E-state index contributed by atoms with van der Waals surface area (Å²) >= 11 is 5.94. The van der Waals surface area contributed by atoms with Gasteiger partial charge in [-0.05, 0) is 62.1 Å². The number of halogens is 1. The van der Waals surface area contributed by atoms with Crippen LogP contribution in [0, 0.1) is 0 Å². The molecule has 0 spiro atoms. The zero-order chi connectivity index (χ0) is 21.0. The summed E-state index contributed by atoms with van der Waals surface area (Å²) in [5.74, 6) is 0.949. The lowest BCUT2D eigenvalue weighted by atomic mass is 9.86. The lowest BCUT2D eigenvalue weighted by molar-refractivity contribution is 0.0517. The smallest absolute Gasteiger partial charge is 0.240 e. The summed E-state index contributed by atoms with van der Waals surface area (Å²) in [5, 5.41) is 0.534. The SMILES string of the molecule is O=S(=O)(N[C@H]1CCCC[C@H]1N(Cc1ccco1)C1CCCCC1)c1ccc(Cl)cc1. The standard InChI is InChI=1S/C23H31ClN2O3S/c24-18-12-14-21(15-13-18)30(27,28)25-22-10-4-5-11-23(22)26(17-20-9-6-16-29-20)19-7-2-1-3-8-19/h6,9,12-16,19,22-23,25H,1-5,7-8,10-11,17H2/t22-,23+/m0/s1. The summed E-state index contributed by atoms with van der Waals surface area (Å²) in [6.45, 7) is 0.738. The van der Waals surface area contributed by atoms with Gasteiger partial charge in [0.05, 0.1) is 17.7 Å². The third-order valence-corrected chi connectivity index (χ3v) is 8.31. The highest BCUT2D eigenvalue weighted by molar-refractivity contribution is 7.89. The van der Waals surface area contributed by atoms with Gasteiger partial charge in [-0.25, -0.2) is 13.1 Å². The molecule has 1 N–H and O–H groups in total. The molecule has 0 bridgehead atoms. The first-order valence-electron chi connectivity index (χ1n) is 11.1. The molecule has 164 valence electrons. The van der Waals surface area contributed by atoms with E-state index in [4.69, 9.17) is 16.0 Å². The van der Waals surface area contributed by atoms with Gasteiger partial charge in [0.15, 0.2) is 0 Å². The van der Waals surface area contributed by atoms with Gasteiger partial charge in [-0.2, -0.15) is 0 Å². The topological polar surface area (TPSA) is 62.6 Å². The zero-order valence-corrected chi connectivity index (χ0v) is 18.9. The molecule has 0 unspecified atom stereocenters.